The molecule has 138 valence electrons. The molecule has 1 heterocycles. The number of nitrogens with zero attached hydrogens (tertiary/aromatic N) is 1. The summed E-state index contributed by atoms with van der Waals surface area (Å²) in [6, 6.07) is 16.0. The topological polar surface area (TPSA) is 49.4 Å². The molecular formula is C20H24N2O2S2. The molecule has 3 rings (SSSR count). The van der Waals surface area contributed by atoms with Crippen molar-refractivity contribution in [1.82, 2.24) is 4.90 Å². The Bertz CT molecular complexity index is 895. The van der Waals surface area contributed by atoms with Crippen LogP contribution in [0.5, 0.6) is 0 Å². The Morgan fingerprint density at radius 3 is 2.54 bits per heavy atom. The van der Waals surface area contributed by atoms with Crippen molar-refractivity contribution in [2.45, 2.75) is 32.9 Å². The third kappa shape index (κ3) is 4.43. The summed E-state index contributed by atoms with van der Waals surface area (Å²) in [7, 11) is -2.98. The first-order chi connectivity index (χ1) is 12.4. The van der Waals surface area contributed by atoms with Gasteiger partial charge in [-0.15, -0.1) is 0 Å². The molecule has 6 heteroatoms. The van der Waals surface area contributed by atoms with Gasteiger partial charge in [0.25, 0.3) is 0 Å². The monoisotopic (exact) mass is 388 g/mol. The van der Waals surface area contributed by atoms with Crippen LogP contribution in [0.25, 0.3) is 0 Å². The molecule has 4 nitrogen and oxygen atoms in total. The Kier molecular flexibility index (Phi) is 5.63. The molecule has 0 radical (unpaired) electrons. The van der Waals surface area contributed by atoms with E-state index < -0.39 is 9.84 Å². The minimum Gasteiger partial charge on any atom is -0.341 e. The number of hydrogen-bond donors (Lipinski definition) is 1. The summed E-state index contributed by atoms with van der Waals surface area (Å²) in [5.41, 5.74) is 4.42. The van der Waals surface area contributed by atoms with Crippen LogP contribution in [0.3, 0.4) is 0 Å². The maximum absolute atomic E-state index is 12.0. The van der Waals surface area contributed by atoms with Crippen LogP contribution in [-0.2, 0) is 16.4 Å². The molecule has 0 aliphatic carbocycles. The van der Waals surface area contributed by atoms with Crippen LogP contribution in [0, 0.1) is 13.8 Å². The first-order valence-corrected chi connectivity index (χ1v) is 11.0. The van der Waals surface area contributed by atoms with Gasteiger partial charge in [0.1, 0.15) is 0 Å². The number of rotatable bonds is 4. The highest BCUT2D eigenvalue weighted by Gasteiger charge is 2.33. The van der Waals surface area contributed by atoms with Crippen LogP contribution < -0.4 is 5.32 Å². The highest BCUT2D eigenvalue weighted by atomic mass is 32.2. The van der Waals surface area contributed by atoms with E-state index >= 15 is 0 Å². The van der Waals surface area contributed by atoms with Crippen molar-refractivity contribution in [3.63, 3.8) is 0 Å². The van der Waals surface area contributed by atoms with Crippen molar-refractivity contribution in [3.05, 3.63) is 65.2 Å². The number of benzene rings is 2. The number of aryl methyl sites for hydroxylation is 1. The number of anilines is 1. The quantitative estimate of drug-likeness (QED) is 0.810. The van der Waals surface area contributed by atoms with E-state index in [1.807, 2.05) is 47.4 Å². The van der Waals surface area contributed by atoms with Crippen molar-refractivity contribution >= 4 is 32.9 Å². The lowest BCUT2D eigenvalue weighted by atomic mass is 10.1. The second-order valence-electron chi connectivity index (χ2n) is 6.85. The van der Waals surface area contributed by atoms with Crippen LogP contribution in [-0.4, -0.2) is 36.0 Å². The van der Waals surface area contributed by atoms with E-state index in [9.17, 15) is 8.42 Å². The van der Waals surface area contributed by atoms with Gasteiger partial charge in [0.2, 0.25) is 0 Å². The van der Waals surface area contributed by atoms with E-state index in [-0.39, 0.29) is 17.5 Å². The predicted octanol–water partition coefficient (Wildman–Crippen LogP) is 3.69. The number of nitrogens with one attached hydrogen (secondary N) is 1. The summed E-state index contributed by atoms with van der Waals surface area (Å²) >= 11 is 5.69. The van der Waals surface area contributed by atoms with E-state index in [1.165, 1.54) is 5.56 Å². The first-order valence-electron chi connectivity index (χ1n) is 8.74. The third-order valence-corrected chi connectivity index (χ3v) is 7.04. The van der Waals surface area contributed by atoms with E-state index in [2.05, 4.69) is 25.2 Å². The lowest BCUT2D eigenvalue weighted by molar-refractivity contribution is 0.332. The molecule has 26 heavy (non-hydrogen) atoms. The SMILES string of the molecule is Cc1cccc(NC(=S)N(Cc2ccccc2)[C@H]2CCS(=O)(=O)C2)c1C. The van der Waals surface area contributed by atoms with Crippen LogP contribution in [0.15, 0.2) is 48.5 Å². The highest BCUT2D eigenvalue weighted by Crippen LogP contribution is 2.23. The van der Waals surface area contributed by atoms with Crippen molar-refractivity contribution in [3.8, 4) is 0 Å². The van der Waals surface area contributed by atoms with Gasteiger partial charge in [0.05, 0.1) is 11.5 Å². The van der Waals surface area contributed by atoms with Gasteiger partial charge >= 0.3 is 0 Å². The Balaban J connectivity index is 1.84. The van der Waals surface area contributed by atoms with Gasteiger partial charge in [0.15, 0.2) is 14.9 Å². The number of sulfone groups is 1. The van der Waals surface area contributed by atoms with Crippen molar-refractivity contribution in [2.24, 2.45) is 0 Å². The zero-order valence-corrected chi connectivity index (χ0v) is 16.7. The molecule has 1 aliphatic heterocycles. The Morgan fingerprint density at radius 2 is 1.88 bits per heavy atom. The number of hydrogen-bond acceptors (Lipinski definition) is 3. The molecule has 0 bridgehead atoms. The second kappa shape index (κ2) is 7.76. The van der Waals surface area contributed by atoms with E-state index in [1.54, 1.807) is 0 Å². The van der Waals surface area contributed by atoms with Gasteiger partial charge in [-0.1, -0.05) is 42.5 Å². The molecule has 2 aromatic rings. The lowest BCUT2D eigenvalue weighted by Crippen LogP contribution is -2.43. The zero-order valence-electron chi connectivity index (χ0n) is 15.1. The molecule has 0 aromatic heterocycles. The maximum Gasteiger partial charge on any atom is 0.174 e. The van der Waals surface area contributed by atoms with Gasteiger partial charge in [-0.2, -0.15) is 0 Å². The zero-order chi connectivity index (χ0) is 18.7. The van der Waals surface area contributed by atoms with Gasteiger partial charge in [-0.3, -0.25) is 0 Å². The largest absolute Gasteiger partial charge is 0.341 e. The minimum absolute atomic E-state index is 0.0923. The van der Waals surface area contributed by atoms with Crippen molar-refractivity contribution in [1.29, 1.82) is 0 Å². The molecular weight excluding hydrogens is 364 g/mol. The molecule has 1 saturated heterocycles. The fraction of sp³-hybridized carbons (Fsp3) is 0.350. The standard InChI is InChI=1S/C20H24N2O2S2/c1-15-7-6-10-19(16(15)2)21-20(25)22(13-17-8-4-3-5-9-17)18-11-12-26(23,24)14-18/h3-10,18H,11-14H2,1-2H3,(H,21,25)/t18-/m0/s1. The van der Waals surface area contributed by atoms with Crippen molar-refractivity contribution < 1.29 is 8.42 Å². The Morgan fingerprint density at radius 1 is 1.15 bits per heavy atom. The summed E-state index contributed by atoms with van der Waals surface area (Å²) in [5.74, 6) is 0.392. The summed E-state index contributed by atoms with van der Waals surface area (Å²) in [6.07, 6.45) is 0.615. The lowest BCUT2D eigenvalue weighted by Gasteiger charge is -2.31. The van der Waals surface area contributed by atoms with Gasteiger partial charge in [0, 0.05) is 18.3 Å². The Labute approximate surface area is 161 Å². The van der Waals surface area contributed by atoms with E-state index in [4.69, 9.17) is 12.2 Å². The van der Waals surface area contributed by atoms with Crippen LogP contribution >= 0.6 is 12.2 Å². The predicted molar refractivity (Wildman–Crippen MR) is 111 cm³/mol. The molecule has 0 amide bonds. The molecule has 1 atom stereocenters. The van der Waals surface area contributed by atoms with Gasteiger partial charge in [-0.25, -0.2) is 8.42 Å². The highest BCUT2D eigenvalue weighted by molar-refractivity contribution is 7.91. The molecule has 1 fully saturated rings. The van der Waals surface area contributed by atoms with Crippen LogP contribution in [0.1, 0.15) is 23.1 Å². The second-order valence-corrected chi connectivity index (χ2v) is 9.46. The van der Waals surface area contributed by atoms with Crippen LogP contribution in [0.2, 0.25) is 0 Å². The maximum atomic E-state index is 12.0. The smallest absolute Gasteiger partial charge is 0.174 e. The summed E-state index contributed by atoms with van der Waals surface area (Å²) in [5, 5.41) is 3.91. The van der Waals surface area contributed by atoms with E-state index in [0.29, 0.717) is 18.1 Å². The first kappa shape index (κ1) is 18.9. The van der Waals surface area contributed by atoms with Gasteiger partial charge < -0.3 is 10.2 Å². The van der Waals surface area contributed by atoms with Crippen molar-refractivity contribution in [2.75, 3.05) is 16.8 Å². The third-order valence-electron chi connectivity index (χ3n) is 4.95. The molecule has 0 spiro atoms. The summed E-state index contributed by atoms with van der Waals surface area (Å²) in [6.45, 7) is 4.72. The summed E-state index contributed by atoms with van der Waals surface area (Å²) < 4.78 is 24.0. The normalized spacial score (nSPS) is 18.5. The minimum atomic E-state index is -2.98. The molecule has 1 aliphatic rings. The van der Waals surface area contributed by atoms with Gasteiger partial charge in [-0.05, 0) is 55.2 Å². The van der Waals surface area contributed by atoms with E-state index in [0.717, 1.165) is 16.8 Å². The molecule has 0 unspecified atom stereocenters. The Hall–Kier alpha value is -1.92. The molecule has 2 aromatic carbocycles. The number of thiocarbonyl (C=S) groups is 1. The molecule has 0 saturated carbocycles. The summed E-state index contributed by atoms with van der Waals surface area (Å²) in [4.78, 5) is 2.02. The average Bonchev–Trinajstić information content (AvgIpc) is 2.97. The average molecular weight is 389 g/mol. The van der Waals surface area contributed by atoms with Crippen LogP contribution in [0.4, 0.5) is 5.69 Å². The fourth-order valence-corrected chi connectivity index (χ4v) is 5.30. The fourth-order valence-electron chi connectivity index (χ4n) is 3.24. The molecule has 1 N–H and O–H groups in total.